The summed E-state index contributed by atoms with van der Waals surface area (Å²) in [5.74, 6) is 2.76. The number of ether oxygens (including phenoxy) is 3. The second-order valence-corrected chi connectivity index (χ2v) is 35.5. The fraction of sp³-hybridized carbons (Fsp3) is 0.644. The van der Waals surface area contributed by atoms with Gasteiger partial charge in [-0.15, -0.1) is 0 Å². The molecule has 1 amide bonds. The quantitative estimate of drug-likeness (QED) is 0.0568. The van der Waals surface area contributed by atoms with Crippen LogP contribution in [0.25, 0.3) is 0 Å². The zero-order valence-electron chi connectivity index (χ0n) is 59.4. The number of hydrogen-bond donors (Lipinski definition) is 2. The molecule has 1 atom stereocenters. The number of rotatable bonds is 18. The molecule has 568 valence electrons. The average Bonchev–Trinajstić information content (AvgIpc) is 1.64. The van der Waals surface area contributed by atoms with Gasteiger partial charge in [0.15, 0.2) is 5.78 Å². The molecule has 103 heavy (non-hydrogen) atoms. The first kappa shape index (κ1) is 80.2. The largest absolute Gasteiger partial charge is 0.360 e. The molecule has 4 aromatic carbocycles. The topological polar surface area (TPSA) is 292 Å². The Kier molecular flexibility index (Phi) is 27.0. The molecule has 8 heterocycles. The maximum Gasteiger partial charge on any atom is 0.335 e. The SMILES string of the molecule is C.CC(=O)c1ccc(S(=O)(=O)N2CC(CN(C)C)OC23CCN(CC2CC2)CC3)cc1.Cc1ccc(S(=O)(=O)N2CCOC23CCN(CC2CC2)CC3)cc1.O=C1CN(Cc2ccccc2)C2(CCN(CC3CC3)CC2)N1.O=S=O.O=[N+]([O-])c1ccc(S(=O)(=O)N2CCC3(CC2)NCCCO3)cc1. The van der Waals surface area contributed by atoms with Crippen molar-refractivity contribution in [2.45, 2.75) is 168 Å². The number of aryl methyl sites for hydroxylation is 1. The molecule has 1 unspecified atom stereocenters. The van der Waals surface area contributed by atoms with Gasteiger partial charge in [-0.1, -0.05) is 67.6 Å². The number of likely N-dealkylation sites (tertiary alicyclic amines) is 3. The van der Waals surface area contributed by atoms with Crippen LogP contribution < -0.4 is 10.6 Å². The summed E-state index contributed by atoms with van der Waals surface area (Å²) in [6.07, 6.45) is 15.2. The van der Waals surface area contributed by atoms with Crippen molar-refractivity contribution >= 4 is 59.0 Å². The van der Waals surface area contributed by atoms with E-state index in [9.17, 15) is 45.0 Å². The standard InChI is InChI=1S/C22H33N3O4S.C18H25N3O.C18H26N2O3S.C14H19N3O5S.CH4.O2S/c1-17(26)19-6-8-21(9-7-19)30(27,28)25-16-20(15-23(2)3)29-22(25)10-12-24(13-11-22)14-18-4-5-18;22-17-14-21(13-15-4-2-1-3-5-15)18(19-17)8-10-20(11-9-18)12-16-6-7-16;1-15-2-6-17(7-3-15)24(21,22)20-12-13-23-18(20)8-10-19(11-9-18)14-16-4-5-16;18-17(19)12-2-4-13(5-3-12)23(20,21)16-9-6-14(7-10-16)15-8-1-11-22-14;;1-3-2/h6-9,18,20H,4-5,10-16H2,1-3H3;1-5,16H,6-14H2,(H,19,22);2-3,6-7,16H,4-5,8-14H2,1H3;2-5,15H,1,6-11H2;1H4;. The van der Waals surface area contributed by atoms with Gasteiger partial charge in [0.25, 0.3) is 5.69 Å². The van der Waals surface area contributed by atoms with Crippen molar-refractivity contribution in [1.82, 2.24) is 48.0 Å². The van der Waals surface area contributed by atoms with Crippen molar-refractivity contribution in [2.24, 2.45) is 17.8 Å². The van der Waals surface area contributed by atoms with Gasteiger partial charge in [-0.2, -0.15) is 21.3 Å². The number of carbonyl (C=O) groups is 2. The van der Waals surface area contributed by atoms with Crippen LogP contribution in [0.1, 0.15) is 132 Å². The Morgan fingerprint density at radius 2 is 1.11 bits per heavy atom. The Morgan fingerprint density at radius 3 is 1.59 bits per heavy atom. The molecule has 0 aromatic heterocycles. The molecule has 4 aromatic rings. The molecular formula is C73H107N11O15S4. The highest BCUT2D eigenvalue weighted by Gasteiger charge is 2.55. The maximum absolute atomic E-state index is 13.6. The third kappa shape index (κ3) is 20.3. The number of likely N-dealkylation sites (N-methyl/N-ethyl adjacent to an activating group) is 1. The zero-order chi connectivity index (χ0) is 72.5. The Bertz CT molecular complexity index is 3860. The van der Waals surface area contributed by atoms with Crippen LogP contribution in [0, 0.1) is 34.8 Å². The summed E-state index contributed by atoms with van der Waals surface area (Å²) in [5, 5.41) is 17.3. The highest BCUT2D eigenvalue weighted by atomic mass is 32.2. The van der Waals surface area contributed by atoms with E-state index in [0.29, 0.717) is 88.6 Å². The first-order chi connectivity index (χ1) is 48.8. The molecule has 0 bridgehead atoms. The van der Waals surface area contributed by atoms with Crippen molar-refractivity contribution < 1.29 is 62.4 Å². The zero-order valence-corrected chi connectivity index (χ0v) is 62.7. The molecule has 8 saturated heterocycles. The normalized spacial score (nSPS) is 23.8. The van der Waals surface area contributed by atoms with Gasteiger partial charge >= 0.3 is 11.6 Å². The van der Waals surface area contributed by atoms with Gasteiger partial charge in [-0.3, -0.25) is 29.9 Å². The summed E-state index contributed by atoms with van der Waals surface area (Å²) in [5.41, 5.74) is 0.824. The summed E-state index contributed by atoms with van der Waals surface area (Å²) in [4.78, 5) is 46.3. The molecule has 2 N–H and O–H groups in total. The van der Waals surface area contributed by atoms with Crippen LogP contribution in [-0.2, 0) is 67.2 Å². The van der Waals surface area contributed by atoms with E-state index in [1.165, 1.54) is 92.7 Å². The van der Waals surface area contributed by atoms with Gasteiger partial charge in [-0.25, -0.2) is 25.3 Å². The van der Waals surface area contributed by atoms with E-state index in [4.69, 9.17) is 22.6 Å². The van der Waals surface area contributed by atoms with Crippen molar-refractivity contribution in [3.8, 4) is 0 Å². The highest BCUT2D eigenvalue weighted by molar-refractivity contribution is 7.89. The van der Waals surface area contributed by atoms with Crippen molar-refractivity contribution in [2.75, 3.05) is 132 Å². The minimum absolute atomic E-state index is 0. The van der Waals surface area contributed by atoms with E-state index in [-0.39, 0.29) is 46.4 Å². The third-order valence-electron chi connectivity index (χ3n) is 21.8. The lowest BCUT2D eigenvalue weighted by atomic mass is 9.95. The van der Waals surface area contributed by atoms with Crippen LogP contribution in [0.3, 0.4) is 0 Å². The minimum Gasteiger partial charge on any atom is -0.360 e. The Balaban J connectivity index is 0.000000146. The molecule has 11 fully saturated rings. The molecule has 4 spiro atoms. The number of nitro benzene ring substituents is 1. The van der Waals surface area contributed by atoms with Gasteiger partial charge < -0.3 is 39.1 Å². The number of sulfonamides is 3. The number of nitrogens with zero attached hydrogens (tertiary/aromatic N) is 9. The van der Waals surface area contributed by atoms with Gasteiger partial charge in [0.1, 0.15) is 17.2 Å². The van der Waals surface area contributed by atoms with E-state index >= 15 is 0 Å². The van der Waals surface area contributed by atoms with Crippen molar-refractivity contribution in [3.05, 3.63) is 130 Å². The molecule has 15 rings (SSSR count). The monoisotopic (exact) mass is 1510 g/mol. The minimum atomic E-state index is -3.73. The molecule has 0 radical (unpaired) electrons. The highest BCUT2D eigenvalue weighted by Crippen LogP contribution is 2.44. The molecule has 26 nitrogen and oxygen atoms in total. The lowest BCUT2D eigenvalue weighted by Gasteiger charge is -2.44. The first-order valence-electron chi connectivity index (χ1n) is 36.3. The van der Waals surface area contributed by atoms with Gasteiger partial charge in [-0.05, 0) is 152 Å². The average molecular weight is 1510 g/mol. The molecule has 8 aliphatic heterocycles. The summed E-state index contributed by atoms with van der Waals surface area (Å²) < 4.78 is 118. The number of amides is 1. The molecule has 30 heteroatoms. The number of nitrogens with one attached hydrogen (secondary N) is 2. The van der Waals surface area contributed by atoms with E-state index in [1.807, 2.05) is 44.1 Å². The number of carbonyl (C=O) groups excluding carboxylic acids is 2. The van der Waals surface area contributed by atoms with Crippen LogP contribution in [0.5, 0.6) is 0 Å². The molecule has 3 saturated carbocycles. The van der Waals surface area contributed by atoms with Crippen molar-refractivity contribution in [3.63, 3.8) is 0 Å². The summed E-state index contributed by atoms with van der Waals surface area (Å²) in [6.45, 7) is 18.5. The van der Waals surface area contributed by atoms with Crippen LogP contribution in [0.4, 0.5) is 5.69 Å². The summed E-state index contributed by atoms with van der Waals surface area (Å²) in [6, 6.07) is 28.9. The Labute approximate surface area is 613 Å². The van der Waals surface area contributed by atoms with Gasteiger partial charge in [0.05, 0.1) is 51.1 Å². The molecular weight excluding hydrogens is 1400 g/mol. The number of hydrogen-bond acceptors (Lipinski definition) is 21. The van der Waals surface area contributed by atoms with E-state index in [1.54, 1.807) is 45.0 Å². The predicted molar refractivity (Wildman–Crippen MR) is 391 cm³/mol. The van der Waals surface area contributed by atoms with E-state index in [2.05, 4.69) is 54.5 Å². The summed E-state index contributed by atoms with van der Waals surface area (Å²) >= 11 is -0.750. The van der Waals surface area contributed by atoms with E-state index < -0.39 is 63.7 Å². The van der Waals surface area contributed by atoms with E-state index in [0.717, 1.165) is 114 Å². The Morgan fingerprint density at radius 1 is 0.621 bits per heavy atom. The van der Waals surface area contributed by atoms with Crippen LogP contribution >= 0.6 is 0 Å². The second kappa shape index (κ2) is 34.7. The van der Waals surface area contributed by atoms with Gasteiger partial charge in [0, 0.05) is 154 Å². The third-order valence-corrected chi connectivity index (χ3v) is 27.7. The second-order valence-electron chi connectivity index (χ2n) is 29.7. The fourth-order valence-electron chi connectivity index (χ4n) is 15.5. The number of benzene rings is 4. The lowest BCUT2D eigenvalue weighted by Crippen LogP contribution is -2.58. The number of non-ortho nitro benzene ring substituents is 1. The molecule has 11 aliphatic rings. The number of ketones is 1. The van der Waals surface area contributed by atoms with Crippen LogP contribution in [0.15, 0.2) is 118 Å². The Hall–Kier alpha value is -5.39. The van der Waals surface area contributed by atoms with Crippen LogP contribution in [0.2, 0.25) is 0 Å². The number of nitro groups is 1. The van der Waals surface area contributed by atoms with Crippen LogP contribution in [-0.4, -0.2) is 249 Å². The van der Waals surface area contributed by atoms with Crippen molar-refractivity contribution in [1.29, 1.82) is 0 Å². The maximum atomic E-state index is 13.6. The summed E-state index contributed by atoms with van der Waals surface area (Å²) in [7, 11) is -6.90. The van der Waals surface area contributed by atoms with Gasteiger partial charge in [0.2, 0.25) is 36.0 Å². The lowest BCUT2D eigenvalue weighted by molar-refractivity contribution is -0.384. The molecule has 3 aliphatic carbocycles. The predicted octanol–water partition coefficient (Wildman–Crippen LogP) is 7.13. The number of Topliss-reactive ketones (excluding diaryl/α,β-unsaturated/α-hetero) is 1. The fourth-order valence-corrected chi connectivity index (χ4v) is 20.5. The number of piperidine rings is 4. The smallest absolute Gasteiger partial charge is 0.335 e. The first-order valence-corrected chi connectivity index (χ1v) is 41.3.